The van der Waals surface area contributed by atoms with Gasteiger partial charge in [0.05, 0.1) is 0 Å². The van der Waals surface area contributed by atoms with Crippen LogP contribution in [-0.2, 0) is 17.9 Å². The van der Waals surface area contributed by atoms with Gasteiger partial charge in [-0.2, -0.15) is 0 Å². The molecule has 5 nitrogen and oxygen atoms in total. The van der Waals surface area contributed by atoms with Gasteiger partial charge in [0, 0.05) is 26.2 Å². The molecule has 0 bridgehead atoms. The van der Waals surface area contributed by atoms with Crippen molar-refractivity contribution in [1.29, 1.82) is 0 Å². The smallest absolute Gasteiger partial charge is 0.318 e. The highest BCUT2D eigenvalue weighted by molar-refractivity contribution is 5.88. The number of carbonyl (C=O) groups is 2. The molecule has 1 aliphatic rings. The predicted octanol–water partition coefficient (Wildman–Crippen LogP) is 3.39. The normalized spacial score (nSPS) is 17.0. The van der Waals surface area contributed by atoms with Crippen LogP contribution in [0.1, 0.15) is 29.2 Å². The van der Waals surface area contributed by atoms with Gasteiger partial charge in [-0.25, -0.2) is 9.18 Å². The summed E-state index contributed by atoms with van der Waals surface area (Å²) in [5.74, 6) is -0.321. The maximum Gasteiger partial charge on any atom is 0.318 e. The standard InChI is InChI=1S/C22H26FN3O2/c1-15-4-6-18(7-5-15)14-25-10-11-26(17(3)21(25)27)22(28)24-13-19-8-9-20(23)16(2)12-19/h4-9,12,17H,10-11,13-14H2,1-3H3,(H,24,28)/t17-/m0/s1. The molecule has 3 amide bonds. The monoisotopic (exact) mass is 383 g/mol. The molecule has 0 aliphatic carbocycles. The number of piperazine rings is 1. The number of halogens is 1. The third kappa shape index (κ3) is 4.50. The highest BCUT2D eigenvalue weighted by Gasteiger charge is 2.34. The van der Waals surface area contributed by atoms with Crippen LogP contribution < -0.4 is 5.32 Å². The first kappa shape index (κ1) is 19.9. The van der Waals surface area contributed by atoms with E-state index in [4.69, 9.17) is 0 Å². The summed E-state index contributed by atoms with van der Waals surface area (Å²) in [4.78, 5) is 28.6. The summed E-state index contributed by atoms with van der Waals surface area (Å²) < 4.78 is 13.4. The molecule has 0 spiro atoms. The summed E-state index contributed by atoms with van der Waals surface area (Å²) in [6.07, 6.45) is 0. The number of nitrogens with one attached hydrogen (secondary N) is 1. The number of amides is 3. The number of hydrogen-bond acceptors (Lipinski definition) is 2. The number of aryl methyl sites for hydroxylation is 2. The number of urea groups is 1. The van der Waals surface area contributed by atoms with Crippen LogP contribution in [0.4, 0.5) is 9.18 Å². The van der Waals surface area contributed by atoms with Crippen LogP contribution in [0.2, 0.25) is 0 Å². The zero-order valence-electron chi connectivity index (χ0n) is 16.5. The largest absolute Gasteiger partial charge is 0.335 e. The Morgan fingerprint density at radius 3 is 2.46 bits per heavy atom. The molecule has 1 N–H and O–H groups in total. The van der Waals surface area contributed by atoms with Gasteiger partial charge in [-0.15, -0.1) is 0 Å². The Labute approximate surface area is 165 Å². The molecule has 6 heteroatoms. The zero-order chi connectivity index (χ0) is 20.3. The van der Waals surface area contributed by atoms with E-state index >= 15 is 0 Å². The van der Waals surface area contributed by atoms with Gasteiger partial charge in [0.2, 0.25) is 5.91 Å². The molecule has 28 heavy (non-hydrogen) atoms. The first-order chi connectivity index (χ1) is 13.3. The highest BCUT2D eigenvalue weighted by atomic mass is 19.1. The maximum absolute atomic E-state index is 13.4. The van der Waals surface area contributed by atoms with Gasteiger partial charge in [0.1, 0.15) is 11.9 Å². The van der Waals surface area contributed by atoms with E-state index in [1.54, 1.807) is 35.8 Å². The first-order valence-corrected chi connectivity index (χ1v) is 9.49. The van der Waals surface area contributed by atoms with Gasteiger partial charge in [0.15, 0.2) is 0 Å². The van der Waals surface area contributed by atoms with E-state index in [1.807, 2.05) is 31.2 Å². The number of nitrogens with zero attached hydrogens (tertiary/aromatic N) is 2. The SMILES string of the molecule is Cc1ccc(CN2CCN(C(=O)NCc3ccc(F)c(C)c3)[C@@H](C)C2=O)cc1. The lowest BCUT2D eigenvalue weighted by molar-refractivity contribution is -0.139. The van der Waals surface area contributed by atoms with Crippen molar-refractivity contribution in [2.75, 3.05) is 13.1 Å². The fourth-order valence-electron chi connectivity index (χ4n) is 3.37. The van der Waals surface area contributed by atoms with Crippen molar-refractivity contribution in [1.82, 2.24) is 15.1 Å². The van der Waals surface area contributed by atoms with Crippen molar-refractivity contribution in [2.45, 2.75) is 39.9 Å². The Hall–Kier alpha value is -2.89. The summed E-state index contributed by atoms with van der Waals surface area (Å²) in [6, 6.07) is 12.1. The van der Waals surface area contributed by atoms with Crippen molar-refractivity contribution >= 4 is 11.9 Å². The van der Waals surface area contributed by atoms with Crippen molar-refractivity contribution in [2.24, 2.45) is 0 Å². The molecule has 1 aliphatic heterocycles. The average Bonchev–Trinajstić information content (AvgIpc) is 2.68. The molecule has 0 unspecified atom stereocenters. The Bertz CT molecular complexity index is 867. The van der Waals surface area contributed by atoms with Crippen LogP contribution in [0.15, 0.2) is 42.5 Å². The second kappa shape index (κ2) is 8.42. The Kier molecular flexibility index (Phi) is 5.97. The molecule has 148 valence electrons. The third-order valence-corrected chi connectivity index (χ3v) is 5.17. The van der Waals surface area contributed by atoms with Gasteiger partial charge in [-0.05, 0) is 43.5 Å². The molecule has 2 aromatic rings. The van der Waals surface area contributed by atoms with Crippen LogP contribution in [0.25, 0.3) is 0 Å². The van der Waals surface area contributed by atoms with Crippen LogP contribution in [0.3, 0.4) is 0 Å². The molecule has 0 aromatic heterocycles. The van der Waals surface area contributed by atoms with E-state index in [0.717, 1.165) is 11.1 Å². The van der Waals surface area contributed by atoms with Crippen molar-refractivity contribution in [3.63, 3.8) is 0 Å². The molecule has 0 saturated carbocycles. The van der Waals surface area contributed by atoms with Crippen LogP contribution >= 0.6 is 0 Å². The minimum atomic E-state index is -0.519. The zero-order valence-corrected chi connectivity index (χ0v) is 16.5. The minimum Gasteiger partial charge on any atom is -0.335 e. The van der Waals surface area contributed by atoms with Crippen molar-refractivity contribution in [3.8, 4) is 0 Å². The number of carbonyl (C=O) groups excluding carboxylic acids is 2. The van der Waals surface area contributed by atoms with Gasteiger partial charge in [0.25, 0.3) is 0 Å². The highest BCUT2D eigenvalue weighted by Crippen LogP contribution is 2.16. The summed E-state index contributed by atoms with van der Waals surface area (Å²) in [5.41, 5.74) is 3.63. The van der Waals surface area contributed by atoms with Gasteiger partial charge < -0.3 is 15.1 Å². The molecule has 1 fully saturated rings. The lowest BCUT2D eigenvalue weighted by atomic mass is 10.1. The Balaban J connectivity index is 1.57. The number of rotatable bonds is 4. The topological polar surface area (TPSA) is 52.6 Å². The number of hydrogen-bond donors (Lipinski definition) is 1. The molecular weight excluding hydrogens is 357 g/mol. The van der Waals surface area contributed by atoms with E-state index in [9.17, 15) is 14.0 Å². The van der Waals surface area contributed by atoms with Crippen molar-refractivity contribution < 1.29 is 14.0 Å². The lowest BCUT2D eigenvalue weighted by Gasteiger charge is -2.39. The van der Waals surface area contributed by atoms with Gasteiger partial charge >= 0.3 is 6.03 Å². The maximum atomic E-state index is 13.4. The Morgan fingerprint density at radius 1 is 1.11 bits per heavy atom. The van der Waals surface area contributed by atoms with E-state index in [1.165, 1.54) is 11.6 Å². The van der Waals surface area contributed by atoms with Crippen LogP contribution in [0.5, 0.6) is 0 Å². The van der Waals surface area contributed by atoms with E-state index in [2.05, 4.69) is 5.32 Å². The van der Waals surface area contributed by atoms with Crippen molar-refractivity contribution in [3.05, 3.63) is 70.5 Å². The Morgan fingerprint density at radius 2 is 1.79 bits per heavy atom. The molecule has 3 rings (SSSR count). The molecule has 1 saturated heterocycles. The first-order valence-electron chi connectivity index (χ1n) is 9.49. The van der Waals surface area contributed by atoms with E-state index in [0.29, 0.717) is 31.7 Å². The van der Waals surface area contributed by atoms with E-state index < -0.39 is 6.04 Å². The average molecular weight is 383 g/mol. The van der Waals surface area contributed by atoms with E-state index in [-0.39, 0.29) is 17.8 Å². The fourth-order valence-corrected chi connectivity index (χ4v) is 3.37. The van der Waals surface area contributed by atoms with Gasteiger partial charge in [-0.1, -0.05) is 42.0 Å². The lowest BCUT2D eigenvalue weighted by Crippen LogP contribution is -2.59. The third-order valence-electron chi connectivity index (χ3n) is 5.17. The quantitative estimate of drug-likeness (QED) is 0.880. The second-order valence-corrected chi connectivity index (χ2v) is 7.36. The number of benzene rings is 2. The fraction of sp³-hybridized carbons (Fsp3) is 0.364. The molecular formula is C22H26FN3O2. The molecule has 2 aromatic carbocycles. The van der Waals surface area contributed by atoms with Crippen LogP contribution in [0, 0.1) is 19.7 Å². The molecule has 0 radical (unpaired) electrons. The predicted molar refractivity (Wildman–Crippen MR) is 106 cm³/mol. The second-order valence-electron chi connectivity index (χ2n) is 7.36. The molecule has 1 heterocycles. The van der Waals surface area contributed by atoms with Crippen LogP contribution in [-0.4, -0.2) is 40.9 Å². The minimum absolute atomic E-state index is 0.0559. The summed E-state index contributed by atoms with van der Waals surface area (Å²) in [6.45, 7) is 7.30. The molecule has 1 atom stereocenters. The van der Waals surface area contributed by atoms with Gasteiger partial charge in [-0.3, -0.25) is 4.79 Å². The summed E-state index contributed by atoms with van der Waals surface area (Å²) >= 11 is 0. The summed E-state index contributed by atoms with van der Waals surface area (Å²) in [5, 5.41) is 2.83. The summed E-state index contributed by atoms with van der Waals surface area (Å²) in [7, 11) is 0.